The molecule has 0 amide bonds. The van der Waals surface area contributed by atoms with E-state index in [0.29, 0.717) is 11.4 Å². The van der Waals surface area contributed by atoms with Crippen LogP contribution in [-0.2, 0) is 0 Å². The number of nitrogens with zero attached hydrogens (tertiary/aromatic N) is 1. The third kappa shape index (κ3) is 2.57. The molecule has 0 aliphatic heterocycles. The van der Waals surface area contributed by atoms with E-state index in [0.717, 1.165) is 18.6 Å². The Kier molecular flexibility index (Phi) is 3.15. The van der Waals surface area contributed by atoms with E-state index in [4.69, 9.17) is 4.74 Å². The maximum absolute atomic E-state index is 11.0. The molecule has 0 radical (unpaired) electrons. The molecular weight excluding hydrogens is 202 g/mol. The van der Waals surface area contributed by atoms with Crippen LogP contribution in [0.5, 0.6) is 5.88 Å². The fourth-order valence-corrected chi connectivity index (χ4v) is 1.43. The van der Waals surface area contributed by atoms with E-state index in [1.54, 1.807) is 12.1 Å². The molecule has 0 N–H and O–H groups in total. The Morgan fingerprint density at radius 2 is 2.25 bits per heavy atom. The lowest BCUT2D eigenvalue weighted by molar-refractivity contribution is 0.101. The van der Waals surface area contributed by atoms with Gasteiger partial charge >= 0.3 is 0 Å². The maximum Gasteiger partial charge on any atom is 0.219 e. The van der Waals surface area contributed by atoms with Crippen LogP contribution in [0.2, 0.25) is 0 Å². The van der Waals surface area contributed by atoms with Crippen molar-refractivity contribution in [1.82, 2.24) is 4.98 Å². The molecule has 1 aromatic heterocycles. The fourth-order valence-electron chi connectivity index (χ4n) is 1.43. The lowest BCUT2D eigenvalue weighted by Crippen LogP contribution is -1.98. The van der Waals surface area contributed by atoms with Gasteiger partial charge in [0.15, 0.2) is 5.78 Å². The minimum atomic E-state index is 0.0100. The third-order valence-electron chi connectivity index (χ3n) is 2.33. The average Bonchev–Trinajstić information content (AvgIpc) is 2.31. The highest BCUT2D eigenvalue weighted by molar-refractivity contribution is 5.93. The molecule has 0 fully saturated rings. The molecule has 0 aromatic carbocycles. The van der Waals surface area contributed by atoms with Gasteiger partial charge in [-0.1, -0.05) is 6.08 Å². The first-order valence-electron chi connectivity index (χ1n) is 5.27. The van der Waals surface area contributed by atoms with E-state index >= 15 is 0 Å². The summed E-state index contributed by atoms with van der Waals surface area (Å²) in [5, 5.41) is 0. The van der Waals surface area contributed by atoms with Gasteiger partial charge in [0.05, 0.1) is 0 Å². The first-order chi connectivity index (χ1) is 7.75. The maximum atomic E-state index is 11.0. The predicted octanol–water partition coefficient (Wildman–Crippen LogP) is 2.90. The molecule has 0 spiro atoms. The van der Waals surface area contributed by atoms with E-state index in [1.807, 2.05) is 12.2 Å². The Labute approximate surface area is 94.5 Å². The fraction of sp³-hybridized carbons (Fsp3) is 0.231. The van der Waals surface area contributed by atoms with Crippen molar-refractivity contribution in [3.05, 3.63) is 47.9 Å². The Balaban J connectivity index is 2.08. The van der Waals surface area contributed by atoms with Gasteiger partial charge < -0.3 is 4.74 Å². The van der Waals surface area contributed by atoms with E-state index < -0.39 is 0 Å². The molecular formula is C13H13NO2. The van der Waals surface area contributed by atoms with Crippen LogP contribution in [0.3, 0.4) is 0 Å². The van der Waals surface area contributed by atoms with Gasteiger partial charge in [-0.3, -0.25) is 4.79 Å². The molecule has 2 rings (SSSR count). The molecule has 1 aliphatic carbocycles. The average molecular weight is 215 g/mol. The van der Waals surface area contributed by atoms with Crippen molar-refractivity contribution < 1.29 is 9.53 Å². The zero-order valence-corrected chi connectivity index (χ0v) is 9.14. The number of carbonyl (C=O) groups is 1. The molecule has 1 heterocycles. The summed E-state index contributed by atoms with van der Waals surface area (Å²) in [5.41, 5.74) is 0.598. The van der Waals surface area contributed by atoms with Gasteiger partial charge in [0.2, 0.25) is 5.88 Å². The number of aromatic nitrogens is 1. The van der Waals surface area contributed by atoms with E-state index in [2.05, 4.69) is 11.1 Å². The summed E-state index contributed by atoms with van der Waals surface area (Å²) in [6.45, 7) is 1.52. The smallest absolute Gasteiger partial charge is 0.219 e. The van der Waals surface area contributed by atoms with Gasteiger partial charge in [-0.15, -0.1) is 0 Å². The third-order valence-corrected chi connectivity index (χ3v) is 2.33. The van der Waals surface area contributed by atoms with Crippen molar-refractivity contribution >= 4 is 5.78 Å². The number of ketones is 1. The van der Waals surface area contributed by atoms with Gasteiger partial charge in [-0.25, -0.2) is 4.98 Å². The summed E-state index contributed by atoms with van der Waals surface area (Å²) in [6, 6.07) is 3.43. The first-order valence-corrected chi connectivity index (χ1v) is 5.27. The summed E-state index contributed by atoms with van der Waals surface area (Å²) in [4.78, 5) is 15.1. The van der Waals surface area contributed by atoms with Crippen molar-refractivity contribution in [2.45, 2.75) is 19.8 Å². The monoisotopic (exact) mass is 215 g/mol. The number of ether oxygens (including phenoxy) is 1. The van der Waals surface area contributed by atoms with Gasteiger partial charge in [0, 0.05) is 17.8 Å². The summed E-state index contributed by atoms with van der Waals surface area (Å²) in [6.07, 6.45) is 9.62. The van der Waals surface area contributed by atoms with Crippen molar-refractivity contribution in [1.29, 1.82) is 0 Å². The predicted molar refractivity (Wildman–Crippen MR) is 61.3 cm³/mol. The van der Waals surface area contributed by atoms with Crippen molar-refractivity contribution in [3.63, 3.8) is 0 Å². The van der Waals surface area contributed by atoms with Crippen molar-refractivity contribution in [2.24, 2.45) is 0 Å². The topological polar surface area (TPSA) is 39.2 Å². The molecule has 3 heteroatoms. The number of Topliss-reactive ketones (excluding diaryl/α,β-unsaturated/α-hetero) is 1. The number of carbonyl (C=O) groups excluding carboxylic acids is 1. The highest BCUT2D eigenvalue weighted by atomic mass is 16.5. The van der Waals surface area contributed by atoms with Crippen LogP contribution < -0.4 is 4.74 Å². The molecule has 0 saturated heterocycles. The van der Waals surface area contributed by atoms with Gasteiger partial charge in [0.1, 0.15) is 5.76 Å². The molecule has 0 atom stereocenters. The zero-order chi connectivity index (χ0) is 11.4. The van der Waals surface area contributed by atoms with Crippen molar-refractivity contribution in [3.8, 4) is 5.88 Å². The van der Waals surface area contributed by atoms with Crippen LogP contribution in [-0.4, -0.2) is 10.8 Å². The van der Waals surface area contributed by atoms with Crippen LogP contribution >= 0.6 is 0 Å². The number of pyridine rings is 1. The Morgan fingerprint density at radius 3 is 2.81 bits per heavy atom. The van der Waals surface area contributed by atoms with Gasteiger partial charge in [-0.2, -0.15) is 0 Å². The molecule has 0 saturated carbocycles. The van der Waals surface area contributed by atoms with Crippen LogP contribution in [0.4, 0.5) is 0 Å². The molecule has 3 nitrogen and oxygen atoms in total. The van der Waals surface area contributed by atoms with Gasteiger partial charge in [-0.05, 0) is 38.0 Å². The van der Waals surface area contributed by atoms with E-state index in [-0.39, 0.29) is 5.78 Å². The normalized spacial score (nSPS) is 14.4. The second kappa shape index (κ2) is 4.75. The minimum absolute atomic E-state index is 0.0100. The summed E-state index contributed by atoms with van der Waals surface area (Å²) >= 11 is 0. The second-order valence-electron chi connectivity index (χ2n) is 3.63. The SMILES string of the molecule is CC(=O)c1ccc(OC2=CCCC=C2)nc1. The molecule has 1 aliphatic rings. The zero-order valence-electron chi connectivity index (χ0n) is 9.14. The minimum Gasteiger partial charge on any atom is -0.439 e. The summed E-state index contributed by atoms with van der Waals surface area (Å²) in [7, 11) is 0. The highest BCUT2D eigenvalue weighted by Gasteiger charge is 2.03. The van der Waals surface area contributed by atoms with Crippen molar-refractivity contribution in [2.75, 3.05) is 0 Å². The second-order valence-corrected chi connectivity index (χ2v) is 3.63. The summed E-state index contributed by atoms with van der Waals surface area (Å²) < 4.78 is 5.54. The number of hydrogen-bond acceptors (Lipinski definition) is 3. The number of rotatable bonds is 3. The largest absolute Gasteiger partial charge is 0.439 e. The molecule has 16 heavy (non-hydrogen) atoms. The van der Waals surface area contributed by atoms with Crippen LogP contribution in [0.1, 0.15) is 30.1 Å². The number of allylic oxidation sites excluding steroid dienone is 3. The van der Waals surface area contributed by atoms with Crippen LogP contribution in [0.25, 0.3) is 0 Å². The highest BCUT2D eigenvalue weighted by Crippen LogP contribution is 2.15. The molecule has 0 bridgehead atoms. The lowest BCUT2D eigenvalue weighted by atomic mass is 10.2. The van der Waals surface area contributed by atoms with E-state index in [9.17, 15) is 4.79 Å². The Morgan fingerprint density at radius 1 is 1.38 bits per heavy atom. The Hall–Kier alpha value is -1.90. The van der Waals surface area contributed by atoms with Crippen LogP contribution in [0.15, 0.2) is 42.3 Å². The van der Waals surface area contributed by atoms with E-state index in [1.165, 1.54) is 13.1 Å². The van der Waals surface area contributed by atoms with Crippen LogP contribution in [0, 0.1) is 0 Å². The molecule has 0 unspecified atom stereocenters. The molecule has 82 valence electrons. The molecule has 1 aromatic rings. The lowest BCUT2D eigenvalue weighted by Gasteiger charge is -2.08. The Bertz CT molecular complexity index is 444. The quantitative estimate of drug-likeness (QED) is 0.728. The first kappa shape index (κ1) is 10.6. The summed E-state index contributed by atoms with van der Waals surface area (Å²) in [5.74, 6) is 1.34. The van der Waals surface area contributed by atoms with Gasteiger partial charge in [0.25, 0.3) is 0 Å². The number of hydrogen-bond donors (Lipinski definition) is 0. The standard InChI is InChI=1S/C13H13NO2/c1-10(15)11-7-8-13(14-9-11)16-12-5-3-2-4-6-12/h3,5-9H,2,4H2,1H3.